The average Bonchev–Trinajstić information content (AvgIpc) is 2.38. The van der Waals surface area contributed by atoms with E-state index in [-0.39, 0.29) is 12.7 Å². The molecule has 0 saturated carbocycles. The molecule has 0 spiro atoms. The molecule has 6 nitrogen and oxygen atoms in total. The van der Waals surface area contributed by atoms with Crippen molar-refractivity contribution in [3.63, 3.8) is 0 Å². The Bertz CT molecular complexity index is 491. The summed E-state index contributed by atoms with van der Waals surface area (Å²) in [6, 6.07) is 7.82. The number of benzene rings is 1. The van der Waals surface area contributed by atoms with Crippen molar-refractivity contribution >= 4 is 13.7 Å². The maximum atomic E-state index is 12.6. The van der Waals surface area contributed by atoms with Crippen molar-refractivity contribution in [3.8, 4) is 5.75 Å². The Kier molecular flexibility index (Phi) is 6.89. The minimum atomic E-state index is -3.65. The fraction of sp³-hybridized carbons (Fsp3) is 0.500. The molecule has 1 aromatic carbocycles. The van der Waals surface area contributed by atoms with Crippen molar-refractivity contribution in [2.24, 2.45) is 0 Å². The van der Waals surface area contributed by atoms with Crippen LogP contribution in [0.4, 0.5) is 0 Å². The minimum absolute atomic E-state index is 0.184. The van der Waals surface area contributed by atoms with Gasteiger partial charge < -0.3 is 9.26 Å². The molecule has 0 aromatic heterocycles. The van der Waals surface area contributed by atoms with Crippen LogP contribution in [0.5, 0.6) is 5.75 Å². The molecule has 0 saturated heterocycles. The monoisotopic (exact) mass is 315 g/mol. The second-order valence-electron chi connectivity index (χ2n) is 4.66. The van der Waals surface area contributed by atoms with E-state index in [1.165, 1.54) is 0 Å². The zero-order valence-electron chi connectivity index (χ0n) is 12.7. The Morgan fingerprint density at radius 3 is 2.38 bits per heavy atom. The molecular weight excluding hydrogens is 293 g/mol. The molecule has 0 fully saturated rings. The van der Waals surface area contributed by atoms with Crippen molar-refractivity contribution in [3.05, 3.63) is 30.3 Å². The van der Waals surface area contributed by atoms with E-state index in [1.807, 2.05) is 6.07 Å². The summed E-state index contributed by atoms with van der Waals surface area (Å²) in [7, 11) is -3.65. The molecule has 1 rings (SSSR count). The highest BCUT2D eigenvalue weighted by Gasteiger charge is 2.31. The van der Waals surface area contributed by atoms with Crippen LogP contribution in [0.3, 0.4) is 0 Å². The Morgan fingerprint density at radius 2 is 1.86 bits per heavy atom. The molecule has 0 amide bonds. The van der Waals surface area contributed by atoms with Gasteiger partial charge in [-0.05, 0) is 39.8 Å². The first kappa shape index (κ1) is 17.7. The molecule has 21 heavy (non-hydrogen) atoms. The number of nitrogens with one attached hydrogen (secondary N) is 1. The molecule has 1 N–H and O–H groups in total. The highest BCUT2D eigenvalue weighted by atomic mass is 31.2. The van der Waals surface area contributed by atoms with E-state index < -0.39 is 19.8 Å². The van der Waals surface area contributed by atoms with Crippen LogP contribution in [0.25, 0.3) is 0 Å². The second-order valence-corrected chi connectivity index (χ2v) is 6.35. The summed E-state index contributed by atoms with van der Waals surface area (Å²) in [5.74, 6) is -0.118. The summed E-state index contributed by atoms with van der Waals surface area (Å²) < 4.78 is 28.2. The van der Waals surface area contributed by atoms with Gasteiger partial charge in [-0.1, -0.05) is 18.2 Å². The van der Waals surface area contributed by atoms with Gasteiger partial charge in [0.05, 0.1) is 12.7 Å². The molecular formula is C14H22NO5P. The van der Waals surface area contributed by atoms with E-state index in [0.29, 0.717) is 5.75 Å². The number of ether oxygens (including phenoxy) is 1. The standard InChI is InChI=1S/C14H22NO5P/c1-5-18-21(17,20-13-9-7-6-8-10-13)15-12(4)14(16)19-11(2)3/h6-12H,5H2,1-4H3,(H,15,17). The third-order valence-electron chi connectivity index (χ3n) is 2.33. The van der Waals surface area contributed by atoms with Crippen molar-refractivity contribution in [1.29, 1.82) is 0 Å². The summed E-state index contributed by atoms with van der Waals surface area (Å²) in [5.41, 5.74) is 0. The zero-order chi connectivity index (χ0) is 15.9. The van der Waals surface area contributed by atoms with Gasteiger partial charge in [-0.25, -0.2) is 4.57 Å². The highest BCUT2D eigenvalue weighted by molar-refractivity contribution is 7.52. The third-order valence-corrected chi connectivity index (χ3v) is 4.08. The van der Waals surface area contributed by atoms with Crippen LogP contribution in [0.1, 0.15) is 27.7 Å². The smallest absolute Gasteiger partial charge is 0.459 e. The van der Waals surface area contributed by atoms with E-state index in [2.05, 4.69) is 5.09 Å². The number of carbonyl (C=O) groups is 1. The van der Waals surface area contributed by atoms with Crippen LogP contribution in [-0.4, -0.2) is 24.7 Å². The van der Waals surface area contributed by atoms with Crippen molar-refractivity contribution in [1.82, 2.24) is 5.09 Å². The molecule has 0 aliphatic rings. The quantitative estimate of drug-likeness (QED) is 0.587. The van der Waals surface area contributed by atoms with Crippen LogP contribution >= 0.6 is 7.75 Å². The van der Waals surface area contributed by atoms with Crippen molar-refractivity contribution in [2.75, 3.05) is 6.61 Å². The van der Waals surface area contributed by atoms with Gasteiger partial charge in [0.25, 0.3) is 0 Å². The van der Waals surface area contributed by atoms with Gasteiger partial charge in [-0.3, -0.25) is 9.32 Å². The van der Waals surface area contributed by atoms with Gasteiger partial charge in [0.2, 0.25) is 0 Å². The Labute approximate surface area is 125 Å². The van der Waals surface area contributed by atoms with Gasteiger partial charge in [0.15, 0.2) is 0 Å². The van der Waals surface area contributed by atoms with Crippen LogP contribution in [0, 0.1) is 0 Å². The summed E-state index contributed by atoms with van der Waals surface area (Å²) in [5, 5.41) is 2.58. The maximum absolute atomic E-state index is 12.6. The predicted molar refractivity (Wildman–Crippen MR) is 80.1 cm³/mol. The molecule has 0 aliphatic heterocycles. The Morgan fingerprint density at radius 1 is 1.24 bits per heavy atom. The number of rotatable bonds is 8. The van der Waals surface area contributed by atoms with Gasteiger partial charge >= 0.3 is 13.7 Å². The van der Waals surface area contributed by atoms with E-state index in [0.717, 1.165) is 0 Å². The maximum Gasteiger partial charge on any atom is 0.459 e. The molecule has 2 atom stereocenters. The molecule has 7 heteroatoms. The highest BCUT2D eigenvalue weighted by Crippen LogP contribution is 2.44. The lowest BCUT2D eigenvalue weighted by atomic mass is 10.3. The van der Waals surface area contributed by atoms with Crippen LogP contribution < -0.4 is 9.61 Å². The summed E-state index contributed by atoms with van der Waals surface area (Å²) in [4.78, 5) is 11.8. The van der Waals surface area contributed by atoms with E-state index >= 15 is 0 Å². The molecule has 2 unspecified atom stereocenters. The zero-order valence-corrected chi connectivity index (χ0v) is 13.6. The lowest BCUT2D eigenvalue weighted by Gasteiger charge is -2.22. The summed E-state index contributed by atoms with van der Waals surface area (Å²) in [6.45, 7) is 6.91. The number of hydrogen-bond acceptors (Lipinski definition) is 5. The number of carbonyl (C=O) groups excluding carboxylic acids is 1. The van der Waals surface area contributed by atoms with Crippen LogP contribution in [0.15, 0.2) is 30.3 Å². The second kappa shape index (κ2) is 8.17. The Hall–Kier alpha value is -1.36. The number of esters is 1. The molecule has 1 aromatic rings. The van der Waals surface area contributed by atoms with Crippen LogP contribution in [-0.2, 0) is 18.6 Å². The molecule has 0 aliphatic carbocycles. The van der Waals surface area contributed by atoms with Gasteiger partial charge in [-0.15, -0.1) is 0 Å². The van der Waals surface area contributed by atoms with Crippen molar-refractivity contribution < 1.29 is 23.1 Å². The summed E-state index contributed by atoms with van der Waals surface area (Å²) in [6.07, 6.45) is -0.247. The topological polar surface area (TPSA) is 73.9 Å². The molecule has 0 radical (unpaired) electrons. The fourth-order valence-electron chi connectivity index (χ4n) is 1.50. The fourth-order valence-corrected chi connectivity index (χ4v) is 3.00. The first-order valence-electron chi connectivity index (χ1n) is 6.84. The lowest BCUT2D eigenvalue weighted by Crippen LogP contribution is -2.36. The number of hydrogen-bond donors (Lipinski definition) is 1. The SMILES string of the molecule is CCOP(=O)(NC(C)C(=O)OC(C)C)Oc1ccccc1. The predicted octanol–water partition coefficient (Wildman–Crippen LogP) is 3.14. The lowest BCUT2D eigenvalue weighted by molar-refractivity contribution is -0.149. The van der Waals surface area contributed by atoms with Crippen LogP contribution in [0.2, 0.25) is 0 Å². The van der Waals surface area contributed by atoms with Gasteiger partial charge in [-0.2, -0.15) is 5.09 Å². The van der Waals surface area contributed by atoms with E-state index in [1.54, 1.807) is 52.0 Å². The molecule has 118 valence electrons. The summed E-state index contributed by atoms with van der Waals surface area (Å²) >= 11 is 0. The first-order chi connectivity index (χ1) is 9.86. The molecule has 0 heterocycles. The van der Waals surface area contributed by atoms with E-state index in [9.17, 15) is 9.36 Å². The van der Waals surface area contributed by atoms with E-state index in [4.69, 9.17) is 13.8 Å². The largest absolute Gasteiger partial charge is 0.462 e. The Balaban J connectivity index is 2.76. The van der Waals surface area contributed by atoms with Gasteiger partial charge in [0, 0.05) is 0 Å². The average molecular weight is 315 g/mol. The third kappa shape index (κ3) is 6.29. The first-order valence-corrected chi connectivity index (χ1v) is 8.38. The van der Waals surface area contributed by atoms with Crippen molar-refractivity contribution in [2.45, 2.75) is 39.8 Å². The minimum Gasteiger partial charge on any atom is -0.462 e. The normalized spacial score (nSPS) is 15.3. The van der Waals surface area contributed by atoms with Gasteiger partial charge in [0.1, 0.15) is 11.8 Å². The molecule has 0 bridgehead atoms. The number of para-hydroxylation sites is 1.